The van der Waals surface area contributed by atoms with Crippen LogP contribution in [0.25, 0.3) is 22.3 Å². The zero-order valence-electron chi connectivity index (χ0n) is 17.9. The monoisotopic (exact) mass is 428 g/mol. The van der Waals surface area contributed by atoms with Crippen LogP contribution >= 0.6 is 0 Å². The lowest BCUT2D eigenvalue weighted by molar-refractivity contribution is -0.134. The van der Waals surface area contributed by atoms with Gasteiger partial charge in [0.25, 0.3) is 0 Å². The molecular formula is C23H24O8. The molecule has 0 atom stereocenters. The number of rotatable bonds is 8. The first-order valence-corrected chi connectivity index (χ1v) is 10.1. The summed E-state index contributed by atoms with van der Waals surface area (Å²) in [6, 6.07) is 6.17. The molecule has 0 aliphatic rings. The van der Waals surface area contributed by atoms with Crippen molar-refractivity contribution < 1.29 is 32.6 Å². The SMILES string of the molecule is CCCC(=O)Oc1c(-c2ccc(C(=O)OCC)o2)c(=O)oc2cc(OC)c(CC)cc12. The normalized spacial score (nSPS) is 10.8. The summed E-state index contributed by atoms with van der Waals surface area (Å²) in [6.07, 6.45) is 1.39. The van der Waals surface area contributed by atoms with Crippen LogP contribution in [-0.2, 0) is 16.0 Å². The predicted octanol–water partition coefficient (Wildman–Crippen LogP) is 4.51. The first-order valence-electron chi connectivity index (χ1n) is 10.1. The van der Waals surface area contributed by atoms with Crippen molar-refractivity contribution in [3.8, 4) is 22.8 Å². The Morgan fingerprint density at radius 2 is 1.84 bits per heavy atom. The van der Waals surface area contributed by atoms with E-state index < -0.39 is 17.6 Å². The van der Waals surface area contributed by atoms with Gasteiger partial charge in [-0.2, -0.15) is 0 Å². The Hall–Kier alpha value is -3.55. The number of fused-ring (bicyclic) bond motifs is 1. The van der Waals surface area contributed by atoms with E-state index in [1.54, 1.807) is 19.1 Å². The van der Waals surface area contributed by atoms with Crippen LogP contribution in [0.3, 0.4) is 0 Å². The maximum absolute atomic E-state index is 12.9. The van der Waals surface area contributed by atoms with Crippen LogP contribution in [0.2, 0.25) is 0 Å². The van der Waals surface area contributed by atoms with Crippen LogP contribution in [0.15, 0.2) is 37.9 Å². The first kappa shape index (κ1) is 22.1. The van der Waals surface area contributed by atoms with E-state index in [4.69, 9.17) is 23.0 Å². The molecule has 0 aliphatic heterocycles. The van der Waals surface area contributed by atoms with Crippen molar-refractivity contribution in [1.82, 2.24) is 0 Å². The average molecular weight is 428 g/mol. The molecule has 2 aromatic heterocycles. The zero-order chi connectivity index (χ0) is 22.5. The molecule has 8 nitrogen and oxygen atoms in total. The number of benzene rings is 1. The molecule has 8 heteroatoms. The maximum Gasteiger partial charge on any atom is 0.374 e. The Kier molecular flexibility index (Phi) is 6.79. The zero-order valence-corrected chi connectivity index (χ0v) is 17.9. The lowest BCUT2D eigenvalue weighted by Gasteiger charge is -2.13. The Balaban J connectivity index is 2.26. The summed E-state index contributed by atoms with van der Waals surface area (Å²) in [7, 11) is 1.52. The summed E-state index contributed by atoms with van der Waals surface area (Å²) >= 11 is 0. The highest BCUT2D eigenvalue weighted by atomic mass is 16.5. The molecule has 0 spiro atoms. The van der Waals surface area contributed by atoms with Crippen LogP contribution in [0, 0.1) is 0 Å². The number of hydrogen-bond donors (Lipinski definition) is 0. The van der Waals surface area contributed by atoms with Crippen molar-refractivity contribution in [3.05, 3.63) is 46.0 Å². The third-order valence-electron chi connectivity index (χ3n) is 4.64. The lowest BCUT2D eigenvalue weighted by atomic mass is 10.0. The molecule has 0 saturated carbocycles. The van der Waals surface area contributed by atoms with Crippen LogP contribution < -0.4 is 15.1 Å². The summed E-state index contributed by atoms with van der Waals surface area (Å²) in [5, 5.41) is 0.422. The first-order chi connectivity index (χ1) is 14.9. The topological polar surface area (TPSA) is 105 Å². The quantitative estimate of drug-likeness (QED) is 0.381. The van der Waals surface area contributed by atoms with Gasteiger partial charge in [-0.25, -0.2) is 9.59 Å². The van der Waals surface area contributed by atoms with E-state index in [2.05, 4.69) is 0 Å². The highest BCUT2D eigenvalue weighted by molar-refractivity contribution is 5.94. The van der Waals surface area contributed by atoms with Gasteiger partial charge in [-0.15, -0.1) is 0 Å². The summed E-state index contributed by atoms with van der Waals surface area (Å²) in [5.41, 5.74) is 0.191. The van der Waals surface area contributed by atoms with E-state index in [9.17, 15) is 14.4 Å². The van der Waals surface area contributed by atoms with Gasteiger partial charge in [-0.3, -0.25) is 4.79 Å². The van der Waals surface area contributed by atoms with Crippen LogP contribution in [0.1, 0.15) is 49.7 Å². The van der Waals surface area contributed by atoms with Crippen LogP contribution in [0.4, 0.5) is 0 Å². The van der Waals surface area contributed by atoms with Crippen molar-refractivity contribution >= 4 is 22.9 Å². The number of methoxy groups -OCH3 is 1. The fraction of sp³-hybridized carbons (Fsp3) is 0.348. The molecule has 31 heavy (non-hydrogen) atoms. The van der Waals surface area contributed by atoms with Gasteiger partial charge in [0.2, 0.25) is 5.76 Å². The fourth-order valence-corrected chi connectivity index (χ4v) is 3.18. The molecule has 1 aromatic carbocycles. The Morgan fingerprint density at radius 3 is 2.48 bits per heavy atom. The Morgan fingerprint density at radius 1 is 1.06 bits per heavy atom. The summed E-state index contributed by atoms with van der Waals surface area (Å²) in [4.78, 5) is 37.2. The average Bonchev–Trinajstić information content (AvgIpc) is 3.23. The van der Waals surface area contributed by atoms with E-state index in [0.29, 0.717) is 24.0 Å². The molecule has 2 heterocycles. The summed E-state index contributed by atoms with van der Waals surface area (Å²) in [5.74, 6) is -0.632. The Labute approximate surface area is 178 Å². The minimum Gasteiger partial charge on any atom is -0.496 e. The fourth-order valence-electron chi connectivity index (χ4n) is 3.18. The minimum absolute atomic E-state index is 0.0202. The number of carbonyl (C=O) groups is 2. The second-order valence-electron chi connectivity index (χ2n) is 6.72. The van der Waals surface area contributed by atoms with Gasteiger partial charge in [-0.1, -0.05) is 13.8 Å². The van der Waals surface area contributed by atoms with E-state index >= 15 is 0 Å². The van der Waals surface area contributed by atoms with Gasteiger partial charge < -0.3 is 23.0 Å². The summed E-state index contributed by atoms with van der Waals surface area (Å²) in [6.45, 7) is 5.64. The third kappa shape index (κ3) is 4.47. The highest BCUT2D eigenvalue weighted by Crippen LogP contribution is 2.38. The minimum atomic E-state index is -0.775. The van der Waals surface area contributed by atoms with E-state index in [1.165, 1.54) is 19.2 Å². The molecule has 0 N–H and O–H groups in total. The van der Waals surface area contributed by atoms with E-state index in [1.807, 2.05) is 13.8 Å². The molecule has 0 unspecified atom stereocenters. The molecule has 0 aliphatic carbocycles. The number of hydrogen-bond acceptors (Lipinski definition) is 8. The molecule has 3 aromatic rings. The molecule has 0 fully saturated rings. The predicted molar refractivity (Wildman–Crippen MR) is 113 cm³/mol. The van der Waals surface area contributed by atoms with Gasteiger partial charge in [-0.05, 0) is 43.5 Å². The molecule has 0 radical (unpaired) electrons. The van der Waals surface area contributed by atoms with Crippen molar-refractivity contribution in [2.24, 2.45) is 0 Å². The van der Waals surface area contributed by atoms with Gasteiger partial charge >= 0.3 is 17.6 Å². The van der Waals surface area contributed by atoms with Crippen molar-refractivity contribution in [2.45, 2.75) is 40.0 Å². The number of esters is 2. The molecular weight excluding hydrogens is 404 g/mol. The molecule has 0 amide bonds. The number of furan rings is 1. The second kappa shape index (κ2) is 9.51. The number of aryl methyl sites for hydroxylation is 1. The standard InChI is InChI=1S/C23H24O8/c1-5-8-19(24)31-21-14-11-13(6-2)17(27-4)12-18(14)30-23(26)20(21)15-9-10-16(29-15)22(25)28-7-3/h9-12H,5-8H2,1-4H3. The van der Waals surface area contributed by atoms with Crippen LogP contribution in [0.5, 0.6) is 11.5 Å². The van der Waals surface area contributed by atoms with Gasteiger partial charge in [0.1, 0.15) is 22.7 Å². The maximum atomic E-state index is 12.9. The Bertz CT molecular complexity index is 1170. The van der Waals surface area contributed by atoms with E-state index in [0.717, 1.165) is 5.56 Å². The van der Waals surface area contributed by atoms with E-state index in [-0.39, 0.29) is 41.4 Å². The van der Waals surface area contributed by atoms with Crippen molar-refractivity contribution in [2.75, 3.05) is 13.7 Å². The second-order valence-corrected chi connectivity index (χ2v) is 6.72. The lowest BCUT2D eigenvalue weighted by Crippen LogP contribution is -2.13. The largest absolute Gasteiger partial charge is 0.496 e. The summed E-state index contributed by atoms with van der Waals surface area (Å²) < 4.78 is 26.9. The van der Waals surface area contributed by atoms with Gasteiger partial charge in [0, 0.05) is 12.5 Å². The molecule has 0 saturated heterocycles. The molecule has 3 rings (SSSR count). The van der Waals surface area contributed by atoms with Gasteiger partial charge in [0.05, 0.1) is 19.1 Å². The third-order valence-corrected chi connectivity index (χ3v) is 4.64. The van der Waals surface area contributed by atoms with Gasteiger partial charge in [0.15, 0.2) is 5.75 Å². The smallest absolute Gasteiger partial charge is 0.374 e. The molecule has 164 valence electrons. The highest BCUT2D eigenvalue weighted by Gasteiger charge is 2.25. The van der Waals surface area contributed by atoms with Crippen molar-refractivity contribution in [3.63, 3.8) is 0 Å². The van der Waals surface area contributed by atoms with Crippen molar-refractivity contribution in [1.29, 1.82) is 0 Å². The molecule has 0 bridgehead atoms. The number of carbonyl (C=O) groups excluding carboxylic acids is 2. The van der Waals surface area contributed by atoms with Crippen LogP contribution in [-0.4, -0.2) is 25.7 Å². The number of ether oxygens (including phenoxy) is 3.